The number of anilines is 1. The molecule has 0 saturated heterocycles. The van der Waals surface area contributed by atoms with Crippen LogP contribution in [0.5, 0.6) is 0 Å². The van der Waals surface area contributed by atoms with Crippen LogP contribution in [-0.4, -0.2) is 10.9 Å². The molecule has 4 nitrogen and oxygen atoms in total. The fourth-order valence-electron chi connectivity index (χ4n) is 1.10. The summed E-state index contributed by atoms with van der Waals surface area (Å²) in [6.07, 6.45) is 1.91. The number of carbonyl (C=O) groups is 1. The summed E-state index contributed by atoms with van der Waals surface area (Å²) >= 11 is 0. The quantitative estimate of drug-likeness (QED) is 0.816. The minimum atomic E-state index is -0.0535. The van der Waals surface area contributed by atoms with E-state index in [0.717, 1.165) is 0 Å². The Labute approximate surface area is 88.9 Å². The highest BCUT2D eigenvalue weighted by molar-refractivity contribution is 5.89. The summed E-state index contributed by atoms with van der Waals surface area (Å²) in [5.74, 6) is 0.755. The van der Waals surface area contributed by atoms with Crippen LogP contribution in [-0.2, 0) is 4.79 Å². The molecule has 0 aliphatic rings. The SMILES string of the molecule is CC(C)CC(=O)Nc1ccc(C#N)cn1. The molecule has 0 bridgehead atoms. The molecule has 1 heterocycles. The predicted octanol–water partition coefficient (Wildman–Crippen LogP) is 1.94. The highest BCUT2D eigenvalue weighted by Gasteiger charge is 2.05. The average molecular weight is 203 g/mol. The summed E-state index contributed by atoms with van der Waals surface area (Å²) in [6.45, 7) is 3.96. The predicted molar refractivity (Wildman–Crippen MR) is 57.0 cm³/mol. The van der Waals surface area contributed by atoms with Gasteiger partial charge in [-0.15, -0.1) is 0 Å². The van der Waals surface area contributed by atoms with E-state index in [9.17, 15) is 4.79 Å². The lowest BCUT2D eigenvalue weighted by molar-refractivity contribution is -0.116. The third-order valence-corrected chi connectivity index (χ3v) is 1.75. The maximum absolute atomic E-state index is 11.4. The van der Waals surface area contributed by atoms with E-state index in [0.29, 0.717) is 23.7 Å². The number of carbonyl (C=O) groups excluding carboxylic acids is 1. The summed E-state index contributed by atoms with van der Waals surface area (Å²) in [6, 6.07) is 5.21. The normalized spacial score (nSPS) is 9.73. The Bertz CT molecular complexity index is 376. The van der Waals surface area contributed by atoms with Gasteiger partial charge < -0.3 is 5.32 Å². The van der Waals surface area contributed by atoms with E-state index in [2.05, 4.69) is 10.3 Å². The Morgan fingerprint density at radius 1 is 1.60 bits per heavy atom. The third kappa shape index (κ3) is 3.77. The molecule has 1 N–H and O–H groups in total. The minimum absolute atomic E-state index is 0.0535. The van der Waals surface area contributed by atoms with Crippen molar-refractivity contribution in [3.8, 4) is 6.07 Å². The van der Waals surface area contributed by atoms with E-state index in [-0.39, 0.29) is 5.91 Å². The van der Waals surface area contributed by atoms with Crippen molar-refractivity contribution < 1.29 is 4.79 Å². The minimum Gasteiger partial charge on any atom is -0.311 e. The molecule has 0 unspecified atom stereocenters. The van der Waals surface area contributed by atoms with Crippen LogP contribution in [0.25, 0.3) is 0 Å². The fraction of sp³-hybridized carbons (Fsp3) is 0.364. The van der Waals surface area contributed by atoms with E-state index in [1.165, 1.54) is 6.20 Å². The number of pyridine rings is 1. The van der Waals surface area contributed by atoms with Crippen LogP contribution < -0.4 is 5.32 Å². The van der Waals surface area contributed by atoms with Crippen LogP contribution in [0.3, 0.4) is 0 Å². The summed E-state index contributed by atoms with van der Waals surface area (Å²) in [5.41, 5.74) is 0.483. The highest BCUT2D eigenvalue weighted by Crippen LogP contribution is 2.06. The second-order valence-electron chi connectivity index (χ2n) is 3.69. The number of hydrogen-bond acceptors (Lipinski definition) is 3. The second kappa shape index (κ2) is 5.11. The number of nitrogens with zero attached hydrogens (tertiary/aromatic N) is 2. The van der Waals surface area contributed by atoms with Crippen LogP contribution in [0.15, 0.2) is 18.3 Å². The number of amides is 1. The number of rotatable bonds is 3. The lowest BCUT2D eigenvalue weighted by Crippen LogP contribution is -2.14. The Kier molecular flexibility index (Phi) is 3.81. The molecule has 0 atom stereocenters. The number of nitriles is 1. The van der Waals surface area contributed by atoms with Crippen molar-refractivity contribution >= 4 is 11.7 Å². The molecule has 1 rings (SSSR count). The molecule has 1 aromatic rings. The van der Waals surface area contributed by atoms with Gasteiger partial charge in [0, 0.05) is 12.6 Å². The van der Waals surface area contributed by atoms with Gasteiger partial charge in [0.25, 0.3) is 0 Å². The van der Waals surface area contributed by atoms with Crippen molar-refractivity contribution in [1.82, 2.24) is 4.98 Å². The van der Waals surface area contributed by atoms with Gasteiger partial charge in [0.15, 0.2) is 0 Å². The standard InChI is InChI=1S/C11H13N3O/c1-8(2)5-11(15)14-10-4-3-9(6-12)7-13-10/h3-4,7-8H,5H2,1-2H3,(H,13,14,15). The first-order valence-corrected chi connectivity index (χ1v) is 4.78. The van der Waals surface area contributed by atoms with E-state index in [1.807, 2.05) is 19.9 Å². The van der Waals surface area contributed by atoms with E-state index < -0.39 is 0 Å². The fourth-order valence-corrected chi connectivity index (χ4v) is 1.10. The van der Waals surface area contributed by atoms with E-state index in [1.54, 1.807) is 12.1 Å². The molecule has 1 aromatic heterocycles. The summed E-state index contributed by atoms with van der Waals surface area (Å²) in [7, 11) is 0. The maximum Gasteiger partial charge on any atom is 0.225 e. The summed E-state index contributed by atoms with van der Waals surface area (Å²) in [4.78, 5) is 15.3. The van der Waals surface area contributed by atoms with Gasteiger partial charge in [-0.05, 0) is 18.1 Å². The Morgan fingerprint density at radius 2 is 2.33 bits per heavy atom. The first kappa shape index (κ1) is 11.2. The largest absolute Gasteiger partial charge is 0.311 e. The van der Waals surface area contributed by atoms with Crippen molar-refractivity contribution in [3.63, 3.8) is 0 Å². The smallest absolute Gasteiger partial charge is 0.225 e. The number of aromatic nitrogens is 1. The summed E-state index contributed by atoms with van der Waals surface area (Å²) in [5, 5.41) is 11.2. The van der Waals surface area contributed by atoms with Crippen molar-refractivity contribution in [1.29, 1.82) is 5.26 Å². The van der Waals surface area contributed by atoms with E-state index in [4.69, 9.17) is 5.26 Å². The Morgan fingerprint density at radius 3 is 2.80 bits per heavy atom. The molecule has 0 spiro atoms. The van der Waals surface area contributed by atoms with Gasteiger partial charge in [-0.3, -0.25) is 4.79 Å². The molecular formula is C11H13N3O. The molecule has 0 fully saturated rings. The number of nitrogens with one attached hydrogen (secondary N) is 1. The number of hydrogen-bond donors (Lipinski definition) is 1. The van der Waals surface area contributed by atoms with Crippen molar-refractivity contribution in [3.05, 3.63) is 23.9 Å². The van der Waals surface area contributed by atoms with Gasteiger partial charge in [-0.25, -0.2) is 4.98 Å². The zero-order valence-corrected chi connectivity index (χ0v) is 8.82. The molecular weight excluding hydrogens is 190 g/mol. The van der Waals surface area contributed by atoms with Gasteiger partial charge >= 0.3 is 0 Å². The maximum atomic E-state index is 11.4. The molecule has 1 amide bonds. The van der Waals surface area contributed by atoms with Gasteiger partial charge in [0.2, 0.25) is 5.91 Å². The summed E-state index contributed by atoms with van der Waals surface area (Å²) < 4.78 is 0. The van der Waals surface area contributed by atoms with Crippen molar-refractivity contribution in [2.24, 2.45) is 5.92 Å². The van der Waals surface area contributed by atoms with E-state index >= 15 is 0 Å². The third-order valence-electron chi connectivity index (χ3n) is 1.75. The van der Waals surface area contributed by atoms with Gasteiger partial charge in [-0.2, -0.15) is 5.26 Å². The van der Waals surface area contributed by atoms with Crippen LogP contribution in [0, 0.1) is 17.2 Å². The van der Waals surface area contributed by atoms with Crippen LogP contribution in [0.1, 0.15) is 25.8 Å². The Balaban J connectivity index is 2.58. The zero-order chi connectivity index (χ0) is 11.3. The highest BCUT2D eigenvalue weighted by atomic mass is 16.1. The lowest BCUT2D eigenvalue weighted by Gasteiger charge is -2.05. The van der Waals surface area contributed by atoms with Crippen LogP contribution >= 0.6 is 0 Å². The zero-order valence-electron chi connectivity index (χ0n) is 8.82. The second-order valence-corrected chi connectivity index (χ2v) is 3.69. The monoisotopic (exact) mass is 203 g/mol. The van der Waals surface area contributed by atoms with Crippen LogP contribution in [0.4, 0.5) is 5.82 Å². The lowest BCUT2D eigenvalue weighted by atomic mass is 10.1. The first-order chi connectivity index (χ1) is 7.11. The average Bonchev–Trinajstić information content (AvgIpc) is 2.17. The van der Waals surface area contributed by atoms with Crippen molar-refractivity contribution in [2.45, 2.75) is 20.3 Å². The first-order valence-electron chi connectivity index (χ1n) is 4.78. The van der Waals surface area contributed by atoms with Gasteiger partial charge in [-0.1, -0.05) is 13.8 Å². The van der Waals surface area contributed by atoms with Crippen molar-refractivity contribution in [2.75, 3.05) is 5.32 Å². The molecule has 0 aromatic carbocycles. The molecule has 78 valence electrons. The Hall–Kier alpha value is -1.89. The molecule has 0 saturated carbocycles. The molecule has 15 heavy (non-hydrogen) atoms. The van der Waals surface area contributed by atoms with Gasteiger partial charge in [0.1, 0.15) is 11.9 Å². The van der Waals surface area contributed by atoms with Crippen LogP contribution in [0.2, 0.25) is 0 Å². The van der Waals surface area contributed by atoms with Gasteiger partial charge in [0.05, 0.1) is 5.56 Å². The topological polar surface area (TPSA) is 65.8 Å². The molecule has 0 aliphatic heterocycles. The molecule has 4 heteroatoms. The molecule has 0 radical (unpaired) electrons. The molecule has 0 aliphatic carbocycles.